The van der Waals surface area contributed by atoms with E-state index in [4.69, 9.17) is 21.5 Å². The Labute approximate surface area is 70.2 Å². The highest BCUT2D eigenvalue weighted by atomic mass is 35.5. The van der Waals surface area contributed by atoms with Gasteiger partial charge in [-0.25, -0.2) is 0 Å². The van der Waals surface area contributed by atoms with Gasteiger partial charge in [0, 0.05) is 5.02 Å². The third kappa shape index (κ3) is 8.94. The van der Waals surface area contributed by atoms with Crippen molar-refractivity contribution in [1.82, 2.24) is 6.15 Å². The lowest BCUT2D eigenvalue weighted by molar-refractivity contribution is -0.122. The molecule has 0 unspecified atom stereocenters. The van der Waals surface area contributed by atoms with Crippen LogP contribution in [0.25, 0.3) is 0 Å². The van der Waals surface area contributed by atoms with Crippen molar-refractivity contribution in [2.75, 3.05) is 0 Å². The van der Waals surface area contributed by atoms with Gasteiger partial charge in [0.25, 0.3) is 6.47 Å². The highest BCUT2D eigenvalue weighted by Gasteiger charge is 1.74. The summed E-state index contributed by atoms with van der Waals surface area (Å²) in [4.78, 5) is 8.36. The molecule has 0 atom stereocenters. The van der Waals surface area contributed by atoms with E-state index in [-0.39, 0.29) is 12.6 Å². The molecule has 1 aromatic rings. The Morgan fingerprint density at radius 2 is 1.64 bits per heavy atom. The molecule has 0 aliphatic heterocycles. The van der Waals surface area contributed by atoms with Crippen molar-refractivity contribution in [2.45, 2.75) is 0 Å². The second-order valence-corrected chi connectivity index (χ2v) is 1.84. The predicted molar refractivity (Wildman–Crippen MR) is 45.2 cm³/mol. The van der Waals surface area contributed by atoms with E-state index in [0.29, 0.717) is 0 Å². The molecule has 0 radical (unpaired) electrons. The van der Waals surface area contributed by atoms with Gasteiger partial charge < -0.3 is 11.3 Å². The number of benzene rings is 1. The van der Waals surface area contributed by atoms with Crippen LogP contribution in [0.15, 0.2) is 30.3 Å². The molecule has 4 heteroatoms. The molecule has 0 aliphatic rings. The van der Waals surface area contributed by atoms with E-state index in [1.165, 1.54) is 0 Å². The fourth-order valence-electron chi connectivity index (χ4n) is 0.415. The molecule has 0 aliphatic carbocycles. The van der Waals surface area contributed by atoms with Crippen molar-refractivity contribution >= 4 is 18.1 Å². The first kappa shape index (κ1) is 12.6. The molecular weight excluding hydrogens is 166 g/mol. The summed E-state index contributed by atoms with van der Waals surface area (Å²) in [5.41, 5.74) is 0. The molecule has 0 fully saturated rings. The van der Waals surface area contributed by atoms with E-state index in [1.54, 1.807) is 0 Å². The topological polar surface area (TPSA) is 72.3 Å². The summed E-state index contributed by atoms with van der Waals surface area (Å²) < 4.78 is 0. The average molecular weight is 176 g/mol. The van der Waals surface area contributed by atoms with E-state index in [1.807, 2.05) is 30.3 Å². The van der Waals surface area contributed by atoms with E-state index in [2.05, 4.69) is 0 Å². The summed E-state index contributed by atoms with van der Waals surface area (Å²) in [6.07, 6.45) is 0. The van der Waals surface area contributed by atoms with Gasteiger partial charge in [0.2, 0.25) is 0 Å². The minimum atomic E-state index is -0.250. The zero-order valence-corrected chi connectivity index (χ0v) is 6.66. The third-order valence-electron chi connectivity index (χ3n) is 0.733. The van der Waals surface area contributed by atoms with Crippen LogP contribution in [0.2, 0.25) is 5.02 Å². The summed E-state index contributed by atoms with van der Waals surface area (Å²) in [6.45, 7) is -0.250. The van der Waals surface area contributed by atoms with Crippen LogP contribution in [0.3, 0.4) is 0 Å². The molecule has 1 aromatic carbocycles. The van der Waals surface area contributed by atoms with Crippen LogP contribution in [0.5, 0.6) is 0 Å². The Morgan fingerprint density at radius 3 is 1.82 bits per heavy atom. The van der Waals surface area contributed by atoms with E-state index in [9.17, 15) is 0 Å². The van der Waals surface area contributed by atoms with Gasteiger partial charge in [-0.2, -0.15) is 0 Å². The Bertz CT molecular complexity index is 179. The molecule has 4 N–H and O–H groups in total. The van der Waals surface area contributed by atoms with Crippen LogP contribution in [-0.4, -0.2) is 11.6 Å². The first-order chi connectivity index (χ1) is 4.81. The highest BCUT2D eigenvalue weighted by molar-refractivity contribution is 6.30. The van der Waals surface area contributed by atoms with Crippen LogP contribution in [0, 0.1) is 0 Å². The van der Waals surface area contributed by atoms with Gasteiger partial charge in [0.15, 0.2) is 0 Å². The number of carboxylic acid groups (broad SMARTS) is 1. The number of carbonyl (C=O) groups is 1. The van der Waals surface area contributed by atoms with Gasteiger partial charge in [0.1, 0.15) is 0 Å². The molecule has 0 heterocycles. The van der Waals surface area contributed by atoms with Gasteiger partial charge in [-0.15, -0.1) is 0 Å². The molecule has 3 nitrogen and oxygen atoms in total. The molecule has 0 amide bonds. The van der Waals surface area contributed by atoms with Crippen LogP contribution >= 0.6 is 11.6 Å². The lowest BCUT2D eigenvalue weighted by Crippen LogP contribution is -1.55. The van der Waals surface area contributed by atoms with Crippen molar-refractivity contribution in [1.29, 1.82) is 0 Å². The third-order valence-corrected chi connectivity index (χ3v) is 0.985. The van der Waals surface area contributed by atoms with Crippen molar-refractivity contribution in [2.24, 2.45) is 0 Å². The lowest BCUT2D eigenvalue weighted by atomic mass is 10.4. The maximum atomic E-state index is 8.36. The first-order valence-corrected chi connectivity index (χ1v) is 2.97. The fraction of sp³-hybridized carbons (Fsp3) is 0. The first-order valence-electron chi connectivity index (χ1n) is 2.59. The van der Waals surface area contributed by atoms with E-state index in [0.717, 1.165) is 5.02 Å². The van der Waals surface area contributed by atoms with Crippen LogP contribution < -0.4 is 6.15 Å². The molecule has 0 saturated heterocycles. The van der Waals surface area contributed by atoms with Gasteiger partial charge in [0.05, 0.1) is 0 Å². The smallest absolute Gasteiger partial charge is 0.290 e. The maximum absolute atomic E-state index is 8.36. The second-order valence-electron chi connectivity index (χ2n) is 1.40. The van der Waals surface area contributed by atoms with Gasteiger partial charge >= 0.3 is 0 Å². The zero-order chi connectivity index (χ0) is 7.82. The molecule has 0 spiro atoms. The van der Waals surface area contributed by atoms with E-state index < -0.39 is 0 Å². The predicted octanol–water partition coefficient (Wildman–Crippen LogP) is 2.20. The summed E-state index contributed by atoms with van der Waals surface area (Å²) in [6, 6.07) is 9.44. The van der Waals surface area contributed by atoms with Crippen LogP contribution in [-0.2, 0) is 4.79 Å². The Kier molecular flexibility index (Phi) is 10.2. The summed E-state index contributed by atoms with van der Waals surface area (Å²) in [5, 5.41) is 7.68. The minimum absolute atomic E-state index is 0. The monoisotopic (exact) mass is 175 g/mol. The van der Waals surface area contributed by atoms with Crippen molar-refractivity contribution < 1.29 is 9.90 Å². The van der Waals surface area contributed by atoms with Crippen molar-refractivity contribution in [3.8, 4) is 0 Å². The summed E-state index contributed by atoms with van der Waals surface area (Å²) in [5.74, 6) is 0. The summed E-state index contributed by atoms with van der Waals surface area (Å²) in [7, 11) is 0. The molecule has 0 saturated carbocycles. The molecule has 11 heavy (non-hydrogen) atoms. The second kappa shape index (κ2) is 8.94. The SMILES string of the molecule is Clc1ccccc1.N.O=CO. The van der Waals surface area contributed by atoms with E-state index >= 15 is 0 Å². The highest BCUT2D eigenvalue weighted by Crippen LogP contribution is 2.03. The Morgan fingerprint density at radius 1 is 1.27 bits per heavy atom. The molecular formula is C7H10ClNO2. The molecule has 62 valence electrons. The van der Waals surface area contributed by atoms with Crippen molar-refractivity contribution in [3.63, 3.8) is 0 Å². The zero-order valence-electron chi connectivity index (χ0n) is 5.90. The molecule has 1 rings (SSSR count). The quantitative estimate of drug-likeness (QED) is 0.594. The maximum Gasteiger partial charge on any atom is 0.290 e. The van der Waals surface area contributed by atoms with Crippen molar-refractivity contribution in [3.05, 3.63) is 35.4 Å². The number of rotatable bonds is 0. The molecule has 0 bridgehead atoms. The molecule has 0 aromatic heterocycles. The van der Waals surface area contributed by atoms with Crippen LogP contribution in [0.1, 0.15) is 0 Å². The lowest BCUT2D eigenvalue weighted by Gasteiger charge is -1.80. The van der Waals surface area contributed by atoms with Gasteiger partial charge in [-0.05, 0) is 12.1 Å². The van der Waals surface area contributed by atoms with Gasteiger partial charge in [-0.1, -0.05) is 29.8 Å². The minimum Gasteiger partial charge on any atom is -0.483 e. The number of hydrogen-bond acceptors (Lipinski definition) is 2. The Balaban J connectivity index is 0. The normalized spacial score (nSPS) is 6.64. The standard InChI is InChI=1S/C6H5Cl.CH2O2.H3N/c7-6-4-2-1-3-5-6;2-1-3;/h1-5H;1H,(H,2,3);1H3. The largest absolute Gasteiger partial charge is 0.483 e. The number of hydrogen-bond donors (Lipinski definition) is 2. The average Bonchev–Trinajstić information content (AvgIpc) is 1.91. The van der Waals surface area contributed by atoms with Gasteiger partial charge in [-0.3, -0.25) is 4.79 Å². The van der Waals surface area contributed by atoms with Crippen LogP contribution in [0.4, 0.5) is 0 Å². The summed E-state index contributed by atoms with van der Waals surface area (Å²) >= 11 is 5.54. The fourth-order valence-corrected chi connectivity index (χ4v) is 0.560. The number of halogens is 1. The Hall–Kier alpha value is -1.06.